The van der Waals surface area contributed by atoms with E-state index in [9.17, 15) is 4.79 Å². The summed E-state index contributed by atoms with van der Waals surface area (Å²) in [5.41, 5.74) is 2.67. The van der Waals surface area contributed by atoms with E-state index in [0.717, 1.165) is 32.6 Å². The Hall–Kier alpha value is -2.13. The zero-order valence-corrected chi connectivity index (χ0v) is 13.7. The van der Waals surface area contributed by atoms with Crippen LogP contribution in [0.4, 0.5) is 0 Å². The van der Waals surface area contributed by atoms with Gasteiger partial charge in [0.2, 0.25) is 5.91 Å². The van der Waals surface area contributed by atoms with Crippen LogP contribution in [0.3, 0.4) is 0 Å². The first-order valence-corrected chi connectivity index (χ1v) is 8.30. The molecule has 0 aromatic heterocycles. The zero-order valence-electron chi connectivity index (χ0n) is 13.7. The van der Waals surface area contributed by atoms with Gasteiger partial charge in [0.15, 0.2) is 0 Å². The van der Waals surface area contributed by atoms with Gasteiger partial charge < -0.3 is 4.90 Å². The van der Waals surface area contributed by atoms with Crippen LogP contribution in [-0.2, 0) is 17.8 Å². The number of benzene rings is 2. The molecule has 0 bridgehead atoms. The van der Waals surface area contributed by atoms with Gasteiger partial charge in [0.05, 0.1) is 0 Å². The molecule has 1 unspecified atom stereocenters. The summed E-state index contributed by atoms with van der Waals surface area (Å²) in [6, 6.07) is 21.5. The van der Waals surface area contributed by atoms with Crippen molar-refractivity contribution >= 4 is 5.91 Å². The third kappa shape index (κ3) is 4.20. The van der Waals surface area contributed by atoms with E-state index in [0.29, 0.717) is 6.04 Å². The van der Waals surface area contributed by atoms with Gasteiger partial charge in [0.1, 0.15) is 0 Å². The van der Waals surface area contributed by atoms with Crippen LogP contribution in [0, 0.1) is 0 Å². The van der Waals surface area contributed by atoms with E-state index in [1.165, 1.54) is 11.1 Å². The van der Waals surface area contributed by atoms with Crippen molar-refractivity contribution in [3.05, 3.63) is 71.8 Å². The average Bonchev–Trinajstić information content (AvgIpc) is 2.58. The first-order chi connectivity index (χ1) is 11.2. The lowest BCUT2D eigenvalue weighted by Gasteiger charge is -2.41. The molecular weight excluding hydrogens is 284 g/mol. The molecule has 2 aromatic carbocycles. The molecule has 3 nitrogen and oxygen atoms in total. The van der Waals surface area contributed by atoms with Crippen molar-refractivity contribution in [2.24, 2.45) is 0 Å². The van der Waals surface area contributed by atoms with Crippen LogP contribution in [0.5, 0.6) is 0 Å². The molecule has 2 aromatic rings. The third-order valence-corrected chi connectivity index (χ3v) is 4.59. The predicted molar refractivity (Wildman–Crippen MR) is 93.0 cm³/mol. The van der Waals surface area contributed by atoms with Gasteiger partial charge in [0, 0.05) is 39.1 Å². The number of rotatable bonds is 4. The molecule has 1 atom stereocenters. The summed E-state index contributed by atoms with van der Waals surface area (Å²) in [7, 11) is 0. The molecule has 1 heterocycles. The van der Waals surface area contributed by atoms with Gasteiger partial charge >= 0.3 is 0 Å². The fourth-order valence-electron chi connectivity index (χ4n) is 3.28. The molecule has 0 N–H and O–H groups in total. The van der Waals surface area contributed by atoms with Gasteiger partial charge in [-0.05, 0) is 17.5 Å². The number of amides is 1. The van der Waals surface area contributed by atoms with E-state index in [1.54, 1.807) is 6.92 Å². The number of piperazine rings is 1. The normalized spacial score (nSPS) is 18.8. The lowest BCUT2D eigenvalue weighted by molar-refractivity contribution is -0.132. The van der Waals surface area contributed by atoms with E-state index < -0.39 is 0 Å². The fraction of sp³-hybridized carbons (Fsp3) is 0.350. The van der Waals surface area contributed by atoms with E-state index in [2.05, 4.69) is 59.5 Å². The highest BCUT2D eigenvalue weighted by Gasteiger charge is 2.28. The van der Waals surface area contributed by atoms with E-state index in [-0.39, 0.29) is 5.91 Å². The molecule has 120 valence electrons. The molecule has 0 radical (unpaired) electrons. The van der Waals surface area contributed by atoms with Gasteiger partial charge in [-0.15, -0.1) is 0 Å². The molecule has 3 rings (SSSR count). The molecule has 1 saturated heterocycles. The lowest BCUT2D eigenvalue weighted by Crippen LogP contribution is -2.54. The summed E-state index contributed by atoms with van der Waals surface area (Å²) >= 11 is 0. The minimum Gasteiger partial charge on any atom is -0.340 e. The highest BCUT2D eigenvalue weighted by atomic mass is 16.2. The van der Waals surface area contributed by atoms with Crippen molar-refractivity contribution in [3.63, 3.8) is 0 Å². The topological polar surface area (TPSA) is 23.6 Å². The average molecular weight is 308 g/mol. The van der Waals surface area contributed by atoms with Gasteiger partial charge in [-0.2, -0.15) is 0 Å². The SMILES string of the molecule is CC(=O)N1CCN(Cc2ccccc2)C(Cc2ccccc2)C1. The number of hydrogen-bond donors (Lipinski definition) is 0. The standard InChI is InChI=1S/C20H24N2O/c1-17(23)21-12-13-22(15-19-10-6-3-7-11-19)20(16-21)14-18-8-4-2-5-9-18/h2-11,20H,12-16H2,1H3. The Labute approximate surface area is 138 Å². The summed E-state index contributed by atoms with van der Waals surface area (Å²) < 4.78 is 0. The smallest absolute Gasteiger partial charge is 0.219 e. The van der Waals surface area contributed by atoms with Crippen LogP contribution in [0.15, 0.2) is 60.7 Å². The quantitative estimate of drug-likeness (QED) is 0.867. The van der Waals surface area contributed by atoms with Crippen molar-refractivity contribution in [2.45, 2.75) is 25.9 Å². The lowest BCUT2D eigenvalue weighted by atomic mass is 10.0. The van der Waals surface area contributed by atoms with E-state index in [1.807, 2.05) is 11.0 Å². The second-order valence-electron chi connectivity index (χ2n) is 6.26. The number of carbonyl (C=O) groups is 1. The Bertz CT molecular complexity index is 627. The third-order valence-electron chi connectivity index (χ3n) is 4.59. The van der Waals surface area contributed by atoms with Gasteiger partial charge in [-0.3, -0.25) is 9.69 Å². The number of carbonyl (C=O) groups excluding carboxylic acids is 1. The van der Waals surface area contributed by atoms with Crippen LogP contribution >= 0.6 is 0 Å². The highest BCUT2D eigenvalue weighted by Crippen LogP contribution is 2.18. The van der Waals surface area contributed by atoms with Crippen molar-refractivity contribution in [1.29, 1.82) is 0 Å². The van der Waals surface area contributed by atoms with Crippen LogP contribution < -0.4 is 0 Å². The van der Waals surface area contributed by atoms with Crippen LogP contribution in [0.2, 0.25) is 0 Å². The van der Waals surface area contributed by atoms with Crippen LogP contribution in [-0.4, -0.2) is 41.4 Å². The highest BCUT2D eigenvalue weighted by molar-refractivity contribution is 5.73. The second-order valence-corrected chi connectivity index (χ2v) is 6.26. The summed E-state index contributed by atoms with van der Waals surface area (Å²) in [5, 5.41) is 0. The molecule has 1 amide bonds. The van der Waals surface area contributed by atoms with E-state index >= 15 is 0 Å². The summed E-state index contributed by atoms with van der Waals surface area (Å²) in [6.07, 6.45) is 0.984. The van der Waals surface area contributed by atoms with Gasteiger partial charge in [-0.25, -0.2) is 0 Å². The van der Waals surface area contributed by atoms with Crippen molar-refractivity contribution in [2.75, 3.05) is 19.6 Å². The molecule has 0 spiro atoms. The minimum absolute atomic E-state index is 0.183. The zero-order chi connectivity index (χ0) is 16.1. The monoisotopic (exact) mass is 308 g/mol. The second kappa shape index (κ2) is 7.42. The van der Waals surface area contributed by atoms with Crippen molar-refractivity contribution in [1.82, 2.24) is 9.80 Å². The Morgan fingerprint density at radius 3 is 2.17 bits per heavy atom. The maximum Gasteiger partial charge on any atom is 0.219 e. The summed E-state index contributed by atoms with van der Waals surface area (Å²) in [5.74, 6) is 0.183. The maximum absolute atomic E-state index is 11.8. The molecule has 0 aliphatic carbocycles. The minimum atomic E-state index is 0.183. The van der Waals surface area contributed by atoms with Crippen LogP contribution in [0.25, 0.3) is 0 Å². The van der Waals surface area contributed by atoms with E-state index in [4.69, 9.17) is 0 Å². The molecule has 23 heavy (non-hydrogen) atoms. The molecule has 3 heteroatoms. The molecule has 1 aliphatic rings. The number of nitrogens with zero attached hydrogens (tertiary/aromatic N) is 2. The van der Waals surface area contributed by atoms with Crippen molar-refractivity contribution < 1.29 is 4.79 Å². The van der Waals surface area contributed by atoms with Crippen molar-refractivity contribution in [3.8, 4) is 0 Å². The van der Waals surface area contributed by atoms with Gasteiger partial charge in [0.25, 0.3) is 0 Å². The largest absolute Gasteiger partial charge is 0.340 e. The Balaban J connectivity index is 1.74. The summed E-state index contributed by atoms with van der Waals surface area (Å²) in [6.45, 7) is 5.20. The molecule has 1 fully saturated rings. The number of hydrogen-bond acceptors (Lipinski definition) is 2. The molecular formula is C20H24N2O. The van der Waals surface area contributed by atoms with Crippen LogP contribution in [0.1, 0.15) is 18.1 Å². The first-order valence-electron chi connectivity index (χ1n) is 8.30. The first kappa shape index (κ1) is 15.8. The Kier molecular flexibility index (Phi) is 5.09. The predicted octanol–water partition coefficient (Wildman–Crippen LogP) is 2.96. The maximum atomic E-state index is 11.8. The molecule has 0 saturated carbocycles. The Morgan fingerprint density at radius 2 is 1.57 bits per heavy atom. The van der Waals surface area contributed by atoms with Gasteiger partial charge in [-0.1, -0.05) is 60.7 Å². The fourth-order valence-corrected chi connectivity index (χ4v) is 3.28. The summed E-state index contributed by atoms with van der Waals surface area (Å²) in [4.78, 5) is 16.3. The Morgan fingerprint density at radius 1 is 0.957 bits per heavy atom. The molecule has 1 aliphatic heterocycles.